The summed E-state index contributed by atoms with van der Waals surface area (Å²) in [5.41, 5.74) is 0.914. The number of ether oxygens (including phenoxy) is 1. The number of aromatic nitrogens is 1. The van der Waals surface area contributed by atoms with Crippen LogP contribution in [0.15, 0.2) is 48.8 Å². The van der Waals surface area contributed by atoms with Gasteiger partial charge in [0.1, 0.15) is 11.6 Å². The summed E-state index contributed by atoms with van der Waals surface area (Å²) in [6.07, 6.45) is 3.35. The van der Waals surface area contributed by atoms with Crippen molar-refractivity contribution in [1.29, 1.82) is 0 Å². The summed E-state index contributed by atoms with van der Waals surface area (Å²) in [5.74, 6) is -0.125. The van der Waals surface area contributed by atoms with Crippen molar-refractivity contribution in [3.63, 3.8) is 0 Å². The average molecular weight is 260 g/mol. The standard InChI is InChI=1S/C14H13FN2O2/c15-12-3-5-13(6-4-12)19-10-14(18)17-9-11-2-1-7-16-8-11/h1-8H,9-10H2,(H,17,18). The third-order valence-corrected chi connectivity index (χ3v) is 2.40. The van der Waals surface area contributed by atoms with Crippen molar-refractivity contribution in [2.24, 2.45) is 0 Å². The van der Waals surface area contributed by atoms with Crippen LogP contribution in [0.2, 0.25) is 0 Å². The Labute approximate surface area is 110 Å². The van der Waals surface area contributed by atoms with Crippen LogP contribution in [0, 0.1) is 5.82 Å². The first-order valence-electron chi connectivity index (χ1n) is 5.78. The van der Waals surface area contributed by atoms with E-state index >= 15 is 0 Å². The smallest absolute Gasteiger partial charge is 0.258 e. The molecule has 0 fully saturated rings. The molecule has 98 valence electrons. The molecule has 19 heavy (non-hydrogen) atoms. The third kappa shape index (κ3) is 4.39. The Morgan fingerprint density at radius 3 is 2.74 bits per heavy atom. The van der Waals surface area contributed by atoms with Crippen LogP contribution in [-0.4, -0.2) is 17.5 Å². The molecule has 2 aromatic rings. The number of hydrogen-bond donors (Lipinski definition) is 1. The Morgan fingerprint density at radius 1 is 1.26 bits per heavy atom. The molecule has 1 heterocycles. The molecule has 0 bridgehead atoms. The van der Waals surface area contributed by atoms with Gasteiger partial charge in [0.25, 0.3) is 5.91 Å². The maximum absolute atomic E-state index is 12.7. The number of carbonyl (C=O) groups is 1. The minimum atomic E-state index is -0.339. The lowest BCUT2D eigenvalue weighted by Gasteiger charge is -2.07. The summed E-state index contributed by atoms with van der Waals surface area (Å²) < 4.78 is 17.9. The molecule has 0 unspecified atom stereocenters. The molecule has 5 heteroatoms. The highest BCUT2D eigenvalue weighted by Crippen LogP contribution is 2.10. The van der Waals surface area contributed by atoms with Gasteiger partial charge in [0.15, 0.2) is 6.61 Å². The van der Waals surface area contributed by atoms with Gasteiger partial charge in [-0.3, -0.25) is 9.78 Å². The number of benzene rings is 1. The number of pyridine rings is 1. The molecular weight excluding hydrogens is 247 g/mol. The fraction of sp³-hybridized carbons (Fsp3) is 0.143. The van der Waals surface area contributed by atoms with Crippen LogP contribution in [0.5, 0.6) is 5.75 Å². The minimum absolute atomic E-state index is 0.105. The number of rotatable bonds is 5. The van der Waals surface area contributed by atoms with Gasteiger partial charge in [-0.25, -0.2) is 4.39 Å². The third-order valence-electron chi connectivity index (χ3n) is 2.40. The Balaban J connectivity index is 1.74. The normalized spacial score (nSPS) is 9.95. The van der Waals surface area contributed by atoms with Gasteiger partial charge in [-0.1, -0.05) is 6.07 Å². The van der Waals surface area contributed by atoms with Crippen molar-refractivity contribution in [1.82, 2.24) is 10.3 Å². The topological polar surface area (TPSA) is 51.2 Å². The Hall–Kier alpha value is -2.43. The molecule has 0 spiro atoms. The molecule has 1 aromatic heterocycles. The zero-order valence-electron chi connectivity index (χ0n) is 10.2. The number of nitrogens with one attached hydrogen (secondary N) is 1. The molecule has 0 atom stereocenters. The summed E-state index contributed by atoms with van der Waals surface area (Å²) in [6.45, 7) is 0.297. The lowest BCUT2D eigenvalue weighted by molar-refractivity contribution is -0.123. The van der Waals surface area contributed by atoms with E-state index in [0.717, 1.165) is 5.56 Å². The summed E-state index contributed by atoms with van der Waals surface area (Å²) >= 11 is 0. The van der Waals surface area contributed by atoms with Crippen LogP contribution < -0.4 is 10.1 Å². The van der Waals surface area contributed by atoms with Crippen molar-refractivity contribution >= 4 is 5.91 Å². The van der Waals surface area contributed by atoms with Gasteiger partial charge >= 0.3 is 0 Å². The van der Waals surface area contributed by atoms with Gasteiger partial charge in [-0.2, -0.15) is 0 Å². The molecule has 0 aliphatic rings. The summed E-state index contributed by atoms with van der Waals surface area (Å²) in [4.78, 5) is 15.5. The second-order valence-electron chi connectivity index (χ2n) is 3.88. The molecule has 0 aliphatic heterocycles. The van der Waals surface area contributed by atoms with Crippen LogP contribution >= 0.6 is 0 Å². The highest BCUT2D eigenvalue weighted by atomic mass is 19.1. The fourth-order valence-electron chi connectivity index (χ4n) is 1.43. The zero-order chi connectivity index (χ0) is 13.5. The van der Waals surface area contributed by atoms with Crippen LogP contribution in [0.25, 0.3) is 0 Å². The summed E-state index contributed by atoms with van der Waals surface area (Å²) in [6, 6.07) is 9.18. The molecule has 4 nitrogen and oxygen atoms in total. The molecule has 1 N–H and O–H groups in total. The van der Waals surface area contributed by atoms with E-state index < -0.39 is 0 Å². The largest absolute Gasteiger partial charge is 0.484 e. The van der Waals surface area contributed by atoms with Gasteiger partial charge < -0.3 is 10.1 Å². The van der Waals surface area contributed by atoms with E-state index in [2.05, 4.69) is 10.3 Å². The van der Waals surface area contributed by atoms with Crippen LogP contribution in [0.1, 0.15) is 5.56 Å². The Bertz CT molecular complexity index is 529. The van der Waals surface area contributed by atoms with E-state index in [9.17, 15) is 9.18 Å². The lowest BCUT2D eigenvalue weighted by Crippen LogP contribution is -2.28. The molecule has 0 radical (unpaired) electrons. The first-order valence-corrected chi connectivity index (χ1v) is 5.78. The molecule has 0 aliphatic carbocycles. The second-order valence-corrected chi connectivity index (χ2v) is 3.88. The van der Waals surface area contributed by atoms with Crippen LogP contribution in [0.4, 0.5) is 4.39 Å². The van der Waals surface area contributed by atoms with E-state index in [1.165, 1.54) is 24.3 Å². The average Bonchev–Trinajstić information content (AvgIpc) is 2.45. The van der Waals surface area contributed by atoms with Crippen molar-refractivity contribution < 1.29 is 13.9 Å². The van der Waals surface area contributed by atoms with Crippen LogP contribution in [0.3, 0.4) is 0 Å². The predicted molar refractivity (Wildman–Crippen MR) is 68.0 cm³/mol. The van der Waals surface area contributed by atoms with Gasteiger partial charge in [0.2, 0.25) is 0 Å². The molecule has 0 saturated heterocycles. The van der Waals surface area contributed by atoms with Gasteiger partial charge in [-0.05, 0) is 35.9 Å². The Morgan fingerprint density at radius 2 is 2.05 bits per heavy atom. The van der Waals surface area contributed by atoms with Crippen molar-refractivity contribution in [2.45, 2.75) is 6.54 Å². The first kappa shape index (κ1) is 13.0. The lowest BCUT2D eigenvalue weighted by atomic mass is 10.3. The minimum Gasteiger partial charge on any atom is -0.484 e. The molecule has 2 rings (SSSR count). The van der Waals surface area contributed by atoms with Gasteiger partial charge in [0.05, 0.1) is 0 Å². The number of carbonyl (C=O) groups excluding carboxylic acids is 1. The molecule has 0 saturated carbocycles. The maximum Gasteiger partial charge on any atom is 0.258 e. The van der Waals surface area contributed by atoms with Gasteiger partial charge in [0, 0.05) is 18.9 Å². The summed E-state index contributed by atoms with van der Waals surface area (Å²) in [7, 11) is 0. The van der Waals surface area contributed by atoms with Gasteiger partial charge in [-0.15, -0.1) is 0 Å². The van der Waals surface area contributed by atoms with Crippen LogP contribution in [-0.2, 0) is 11.3 Å². The molecular formula is C14H13FN2O2. The fourth-order valence-corrected chi connectivity index (χ4v) is 1.43. The monoisotopic (exact) mass is 260 g/mol. The Kier molecular flexibility index (Phi) is 4.44. The van der Waals surface area contributed by atoms with E-state index in [4.69, 9.17) is 4.74 Å². The van der Waals surface area contributed by atoms with E-state index in [1.807, 2.05) is 6.07 Å². The maximum atomic E-state index is 12.7. The number of amides is 1. The highest BCUT2D eigenvalue weighted by molar-refractivity contribution is 5.77. The summed E-state index contributed by atoms with van der Waals surface area (Å²) in [5, 5.41) is 2.70. The second kappa shape index (κ2) is 6.49. The predicted octanol–water partition coefficient (Wildman–Crippen LogP) is 1.92. The van der Waals surface area contributed by atoms with Crippen molar-refractivity contribution in [3.8, 4) is 5.75 Å². The SMILES string of the molecule is O=C(COc1ccc(F)cc1)NCc1cccnc1. The van der Waals surface area contributed by atoms with Crippen molar-refractivity contribution in [3.05, 3.63) is 60.2 Å². The van der Waals surface area contributed by atoms with E-state index in [-0.39, 0.29) is 18.3 Å². The first-order chi connectivity index (χ1) is 9.24. The zero-order valence-corrected chi connectivity index (χ0v) is 10.2. The number of hydrogen-bond acceptors (Lipinski definition) is 3. The molecule has 1 aromatic carbocycles. The number of nitrogens with zero attached hydrogens (tertiary/aromatic N) is 1. The quantitative estimate of drug-likeness (QED) is 0.893. The van der Waals surface area contributed by atoms with E-state index in [1.54, 1.807) is 18.5 Å². The molecule has 1 amide bonds. The number of halogens is 1. The van der Waals surface area contributed by atoms with Crippen molar-refractivity contribution in [2.75, 3.05) is 6.61 Å². The van der Waals surface area contributed by atoms with E-state index in [0.29, 0.717) is 12.3 Å². The highest BCUT2D eigenvalue weighted by Gasteiger charge is 2.03.